The Labute approximate surface area is 90.9 Å². The van der Waals surface area contributed by atoms with Gasteiger partial charge in [-0.3, -0.25) is 4.79 Å². The van der Waals surface area contributed by atoms with Crippen LogP contribution in [0.5, 0.6) is 0 Å². The van der Waals surface area contributed by atoms with Crippen LogP contribution in [0.15, 0.2) is 24.3 Å². The molecule has 0 aromatic heterocycles. The molecule has 0 aliphatic heterocycles. The number of benzene rings is 1. The molecule has 3 nitrogen and oxygen atoms in total. The molecule has 0 spiro atoms. The minimum Gasteiger partial charge on any atom is -0.399 e. The van der Waals surface area contributed by atoms with Crippen LogP contribution in [0.4, 0.5) is 5.69 Å². The number of nitrogen functional groups attached to an aromatic ring is 1. The summed E-state index contributed by atoms with van der Waals surface area (Å²) in [5.74, 6) is 0.0415. The number of hydrogen-bond acceptors (Lipinski definition) is 2. The number of nitrogens with zero attached hydrogens (tertiary/aromatic N) is 1. The molecule has 1 aromatic rings. The lowest BCUT2D eigenvalue weighted by molar-refractivity contribution is 0.0717. The highest BCUT2D eigenvalue weighted by Crippen LogP contribution is 2.11. The Balaban J connectivity index is 2.93. The van der Waals surface area contributed by atoms with Crippen molar-refractivity contribution in [1.82, 2.24) is 4.90 Å². The fraction of sp³-hybridized carbons (Fsp3) is 0.417. The molecule has 0 heterocycles. The van der Waals surface area contributed by atoms with Crippen LogP contribution >= 0.6 is 0 Å². The minimum atomic E-state index is 0.0415. The highest BCUT2D eigenvalue weighted by molar-refractivity contribution is 5.95. The van der Waals surface area contributed by atoms with Crippen molar-refractivity contribution in [3.8, 4) is 0 Å². The summed E-state index contributed by atoms with van der Waals surface area (Å²) in [6.07, 6.45) is 0. The fourth-order valence-electron chi connectivity index (χ4n) is 1.58. The van der Waals surface area contributed by atoms with Gasteiger partial charge >= 0.3 is 0 Å². The van der Waals surface area contributed by atoms with Gasteiger partial charge in [-0.1, -0.05) is 6.07 Å². The Bertz CT molecular complexity index is 347. The molecule has 0 bridgehead atoms. The average molecular weight is 206 g/mol. The van der Waals surface area contributed by atoms with E-state index in [1.807, 2.05) is 25.7 Å². The molecule has 82 valence electrons. The van der Waals surface area contributed by atoms with Crippen LogP contribution in [0.1, 0.15) is 31.1 Å². The summed E-state index contributed by atoms with van der Waals surface area (Å²) >= 11 is 0. The topological polar surface area (TPSA) is 46.3 Å². The van der Waals surface area contributed by atoms with Crippen LogP contribution in [-0.2, 0) is 0 Å². The van der Waals surface area contributed by atoms with Gasteiger partial charge in [0.15, 0.2) is 0 Å². The fourth-order valence-corrected chi connectivity index (χ4v) is 1.58. The molecule has 0 aliphatic rings. The van der Waals surface area contributed by atoms with Crippen molar-refractivity contribution in [3.05, 3.63) is 29.8 Å². The summed E-state index contributed by atoms with van der Waals surface area (Å²) in [7, 11) is 0. The van der Waals surface area contributed by atoms with Crippen LogP contribution in [-0.4, -0.2) is 23.4 Å². The van der Waals surface area contributed by atoms with Crippen molar-refractivity contribution in [2.75, 3.05) is 12.3 Å². The second kappa shape index (κ2) is 4.82. The number of nitrogens with two attached hydrogens (primary N) is 1. The molecule has 0 fully saturated rings. The zero-order valence-electron chi connectivity index (χ0n) is 9.53. The molecule has 0 saturated carbocycles. The average Bonchev–Trinajstić information content (AvgIpc) is 2.18. The maximum atomic E-state index is 12.0. The summed E-state index contributed by atoms with van der Waals surface area (Å²) in [6.45, 7) is 6.71. The van der Waals surface area contributed by atoms with Gasteiger partial charge in [0, 0.05) is 23.8 Å². The van der Waals surface area contributed by atoms with E-state index in [1.54, 1.807) is 24.3 Å². The van der Waals surface area contributed by atoms with Crippen molar-refractivity contribution in [2.45, 2.75) is 26.8 Å². The molecular formula is C12H18N2O. The molecule has 0 saturated heterocycles. The number of hydrogen-bond donors (Lipinski definition) is 1. The van der Waals surface area contributed by atoms with Gasteiger partial charge in [0.05, 0.1) is 0 Å². The Hall–Kier alpha value is -1.51. The Morgan fingerprint density at radius 3 is 2.60 bits per heavy atom. The molecule has 0 radical (unpaired) electrons. The standard InChI is InChI=1S/C12H18N2O/c1-4-14(9(2)3)12(15)10-6-5-7-11(13)8-10/h5-9H,4,13H2,1-3H3. The predicted molar refractivity (Wildman–Crippen MR) is 62.7 cm³/mol. The third kappa shape index (κ3) is 2.72. The van der Waals surface area contributed by atoms with Gasteiger partial charge in [0.25, 0.3) is 5.91 Å². The smallest absolute Gasteiger partial charge is 0.254 e. The second-order valence-corrected chi connectivity index (χ2v) is 3.81. The summed E-state index contributed by atoms with van der Waals surface area (Å²) in [5.41, 5.74) is 6.93. The number of rotatable bonds is 3. The molecule has 0 atom stereocenters. The van der Waals surface area contributed by atoms with Crippen LogP contribution in [0.3, 0.4) is 0 Å². The number of anilines is 1. The van der Waals surface area contributed by atoms with Crippen LogP contribution in [0.25, 0.3) is 0 Å². The zero-order valence-corrected chi connectivity index (χ0v) is 9.53. The van der Waals surface area contributed by atoms with Gasteiger partial charge in [-0.05, 0) is 39.0 Å². The van der Waals surface area contributed by atoms with Gasteiger partial charge in [-0.2, -0.15) is 0 Å². The quantitative estimate of drug-likeness (QED) is 0.770. The third-order valence-electron chi connectivity index (χ3n) is 2.36. The molecule has 1 amide bonds. The van der Waals surface area contributed by atoms with Crippen LogP contribution < -0.4 is 5.73 Å². The summed E-state index contributed by atoms with van der Waals surface area (Å²) in [5, 5.41) is 0. The van der Waals surface area contributed by atoms with Gasteiger partial charge in [-0.25, -0.2) is 0 Å². The van der Waals surface area contributed by atoms with E-state index in [2.05, 4.69) is 0 Å². The molecule has 1 aromatic carbocycles. The largest absolute Gasteiger partial charge is 0.399 e. The molecule has 1 rings (SSSR count). The van der Waals surface area contributed by atoms with Crippen molar-refractivity contribution < 1.29 is 4.79 Å². The predicted octanol–water partition coefficient (Wildman–Crippen LogP) is 2.14. The first-order chi connectivity index (χ1) is 7.06. The normalized spacial score (nSPS) is 10.4. The van der Waals surface area contributed by atoms with Crippen LogP contribution in [0, 0.1) is 0 Å². The molecule has 0 aliphatic carbocycles. The first kappa shape index (κ1) is 11.6. The first-order valence-corrected chi connectivity index (χ1v) is 5.22. The third-order valence-corrected chi connectivity index (χ3v) is 2.36. The molecular weight excluding hydrogens is 188 g/mol. The Morgan fingerprint density at radius 1 is 1.47 bits per heavy atom. The maximum absolute atomic E-state index is 12.0. The SMILES string of the molecule is CCN(C(=O)c1cccc(N)c1)C(C)C. The van der Waals surface area contributed by atoms with Gasteiger partial charge in [-0.15, -0.1) is 0 Å². The lowest BCUT2D eigenvalue weighted by Crippen LogP contribution is -2.36. The first-order valence-electron chi connectivity index (χ1n) is 5.22. The Morgan fingerprint density at radius 2 is 2.13 bits per heavy atom. The van der Waals surface area contributed by atoms with Gasteiger partial charge < -0.3 is 10.6 Å². The number of amides is 1. The highest BCUT2D eigenvalue weighted by atomic mass is 16.2. The van der Waals surface area contributed by atoms with E-state index in [0.29, 0.717) is 17.8 Å². The molecule has 2 N–H and O–H groups in total. The zero-order chi connectivity index (χ0) is 11.4. The van der Waals surface area contributed by atoms with E-state index in [-0.39, 0.29) is 11.9 Å². The highest BCUT2D eigenvalue weighted by Gasteiger charge is 2.16. The number of carbonyl (C=O) groups is 1. The monoisotopic (exact) mass is 206 g/mol. The summed E-state index contributed by atoms with van der Waals surface area (Å²) < 4.78 is 0. The van der Waals surface area contributed by atoms with Crippen molar-refractivity contribution in [1.29, 1.82) is 0 Å². The minimum absolute atomic E-state index is 0.0415. The maximum Gasteiger partial charge on any atom is 0.254 e. The van der Waals surface area contributed by atoms with E-state index in [9.17, 15) is 4.79 Å². The lowest BCUT2D eigenvalue weighted by atomic mass is 10.1. The molecule has 0 unspecified atom stereocenters. The van der Waals surface area contributed by atoms with Crippen molar-refractivity contribution in [3.63, 3.8) is 0 Å². The van der Waals surface area contributed by atoms with E-state index in [4.69, 9.17) is 5.73 Å². The van der Waals surface area contributed by atoms with Crippen LogP contribution in [0.2, 0.25) is 0 Å². The van der Waals surface area contributed by atoms with E-state index >= 15 is 0 Å². The second-order valence-electron chi connectivity index (χ2n) is 3.81. The number of carbonyl (C=O) groups excluding carboxylic acids is 1. The van der Waals surface area contributed by atoms with Crippen molar-refractivity contribution >= 4 is 11.6 Å². The van der Waals surface area contributed by atoms with Gasteiger partial charge in [0.2, 0.25) is 0 Å². The van der Waals surface area contributed by atoms with E-state index < -0.39 is 0 Å². The van der Waals surface area contributed by atoms with E-state index in [0.717, 1.165) is 0 Å². The summed E-state index contributed by atoms with van der Waals surface area (Å²) in [6, 6.07) is 7.31. The van der Waals surface area contributed by atoms with E-state index in [1.165, 1.54) is 0 Å². The molecule has 3 heteroatoms. The van der Waals surface area contributed by atoms with Gasteiger partial charge in [0.1, 0.15) is 0 Å². The lowest BCUT2D eigenvalue weighted by Gasteiger charge is -2.25. The summed E-state index contributed by atoms with van der Waals surface area (Å²) in [4.78, 5) is 13.9. The van der Waals surface area contributed by atoms with Crippen molar-refractivity contribution in [2.24, 2.45) is 0 Å². The molecule has 15 heavy (non-hydrogen) atoms. The Kier molecular flexibility index (Phi) is 3.72.